The van der Waals surface area contributed by atoms with Gasteiger partial charge in [0.15, 0.2) is 0 Å². The lowest BCUT2D eigenvalue weighted by Crippen LogP contribution is -2.06. The summed E-state index contributed by atoms with van der Waals surface area (Å²) in [5.74, 6) is 0. The molecule has 0 spiro atoms. The highest BCUT2D eigenvalue weighted by Gasteiger charge is 2.03. The van der Waals surface area contributed by atoms with Crippen molar-refractivity contribution >= 4 is 27.9 Å². The molecule has 0 unspecified atom stereocenters. The van der Waals surface area contributed by atoms with Crippen LogP contribution >= 0.6 is 11.8 Å². The molecule has 0 saturated heterocycles. The van der Waals surface area contributed by atoms with E-state index >= 15 is 0 Å². The van der Waals surface area contributed by atoms with Gasteiger partial charge in [0, 0.05) is 0 Å². The number of nitrogens with zero attached hydrogens (tertiary/aromatic N) is 2. The molecule has 0 aliphatic carbocycles. The van der Waals surface area contributed by atoms with Crippen molar-refractivity contribution in [3.05, 3.63) is 29.8 Å². The highest BCUT2D eigenvalue weighted by molar-refractivity contribution is 7.80. The predicted molar refractivity (Wildman–Crippen MR) is 58.0 cm³/mol. The van der Waals surface area contributed by atoms with Crippen LogP contribution in [0.25, 0.3) is 0 Å². The normalized spacial score (nSPS) is 12.1. The second kappa shape index (κ2) is 5.90. The van der Waals surface area contributed by atoms with E-state index in [0.29, 0.717) is 12.1 Å². The van der Waals surface area contributed by atoms with Gasteiger partial charge in [-0.15, -0.1) is 5.11 Å². The van der Waals surface area contributed by atoms with Gasteiger partial charge in [0.1, 0.15) is 0 Å². The van der Waals surface area contributed by atoms with Crippen LogP contribution in [0.3, 0.4) is 0 Å². The molecule has 0 radical (unpaired) electrons. The van der Waals surface area contributed by atoms with E-state index in [1.165, 1.54) is 0 Å². The summed E-state index contributed by atoms with van der Waals surface area (Å²) in [4.78, 5) is 0. The first-order valence-electron chi connectivity index (χ1n) is 4.24. The molecule has 0 saturated carbocycles. The first-order chi connectivity index (χ1) is 7.51. The van der Waals surface area contributed by atoms with Crippen LogP contribution in [0.2, 0.25) is 0 Å². The van der Waals surface area contributed by atoms with Crippen molar-refractivity contribution < 1.29 is 17.2 Å². The van der Waals surface area contributed by atoms with E-state index in [-0.39, 0.29) is 6.61 Å². The molecule has 0 aliphatic rings. The van der Waals surface area contributed by atoms with E-state index in [9.17, 15) is 8.42 Å². The number of rotatable bonds is 5. The minimum atomic E-state index is -4.36. The predicted octanol–water partition coefficient (Wildman–Crippen LogP) is 2.29. The molecule has 8 heteroatoms. The Labute approximate surface area is 98.0 Å². The van der Waals surface area contributed by atoms with Gasteiger partial charge in [0.2, 0.25) is 0 Å². The van der Waals surface area contributed by atoms with Crippen molar-refractivity contribution in [1.29, 1.82) is 0 Å². The molecule has 1 N–H and O–H groups in total. The molecule has 0 amide bonds. The van der Waals surface area contributed by atoms with Gasteiger partial charge in [-0.3, -0.25) is 4.55 Å². The Morgan fingerprint density at radius 3 is 2.44 bits per heavy atom. The molecule has 16 heavy (non-hydrogen) atoms. The second-order valence-corrected chi connectivity index (χ2v) is 4.08. The SMILES string of the molecule is O=S(=O)(O)OCCc1ccc(N=NCl)cc1. The zero-order valence-corrected chi connectivity index (χ0v) is 9.65. The molecule has 0 heterocycles. The van der Waals surface area contributed by atoms with E-state index in [2.05, 4.69) is 13.9 Å². The van der Waals surface area contributed by atoms with Crippen LogP contribution in [0.5, 0.6) is 0 Å². The van der Waals surface area contributed by atoms with Crippen LogP contribution in [-0.4, -0.2) is 19.6 Å². The molecule has 0 bridgehead atoms. The van der Waals surface area contributed by atoms with Crippen LogP contribution < -0.4 is 0 Å². The third-order valence-corrected chi connectivity index (χ3v) is 2.25. The number of hydrogen-bond donors (Lipinski definition) is 1. The Morgan fingerprint density at radius 1 is 1.31 bits per heavy atom. The summed E-state index contributed by atoms with van der Waals surface area (Å²) in [5.41, 5.74) is 1.44. The molecule has 0 fully saturated rings. The van der Waals surface area contributed by atoms with Crippen molar-refractivity contribution in [3.8, 4) is 0 Å². The quantitative estimate of drug-likeness (QED) is 0.653. The lowest BCUT2D eigenvalue weighted by molar-refractivity contribution is 0.272. The van der Waals surface area contributed by atoms with E-state index < -0.39 is 10.4 Å². The number of benzene rings is 1. The maximum absolute atomic E-state index is 10.3. The summed E-state index contributed by atoms with van der Waals surface area (Å²) in [6.45, 7) is -0.116. The first kappa shape index (κ1) is 13.0. The van der Waals surface area contributed by atoms with E-state index in [4.69, 9.17) is 16.3 Å². The van der Waals surface area contributed by atoms with Gasteiger partial charge in [-0.05, 0) is 24.1 Å². The van der Waals surface area contributed by atoms with E-state index in [1.54, 1.807) is 24.3 Å². The van der Waals surface area contributed by atoms with Crippen LogP contribution in [-0.2, 0) is 21.0 Å². The molecule has 88 valence electrons. The average molecular weight is 265 g/mol. The Morgan fingerprint density at radius 2 is 1.94 bits per heavy atom. The van der Waals surface area contributed by atoms with Crippen LogP contribution in [0.15, 0.2) is 34.0 Å². The van der Waals surface area contributed by atoms with Crippen molar-refractivity contribution in [1.82, 2.24) is 0 Å². The number of halogens is 1. The fourth-order valence-electron chi connectivity index (χ4n) is 1.04. The molecular formula is C8H9ClN2O4S. The Bertz CT molecular complexity index is 457. The lowest BCUT2D eigenvalue weighted by atomic mass is 10.1. The summed E-state index contributed by atoms with van der Waals surface area (Å²) in [6, 6.07) is 6.81. The Hall–Kier alpha value is -1.02. The highest BCUT2D eigenvalue weighted by atomic mass is 35.5. The highest BCUT2D eigenvalue weighted by Crippen LogP contribution is 2.14. The molecule has 1 rings (SSSR count). The Kier molecular flexibility index (Phi) is 4.81. The van der Waals surface area contributed by atoms with Gasteiger partial charge in [0.05, 0.1) is 24.1 Å². The molecule has 0 aliphatic heterocycles. The molecule has 6 nitrogen and oxygen atoms in total. The smallest absolute Gasteiger partial charge is 0.264 e. The van der Waals surface area contributed by atoms with Gasteiger partial charge < -0.3 is 0 Å². The van der Waals surface area contributed by atoms with Gasteiger partial charge in [-0.2, -0.15) is 8.42 Å². The van der Waals surface area contributed by atoms with Crippen molar-refractivity contribution in [2.24, 2.45) is 9.75 Å². The molecule has 1 aromatic rings. The van der Waals surface area contributed by atoms with Gasteiger partial charge >= 0.3 is 10.4 Å². The molecule has 0 atom stereocenters. The largest absolute Gasteiger partial charge is 0.397 e. The lowest BCUT2D eigenvalue weighted by Gasteiger charge is -2.01. The molecule has 0 aromatic heterocycles. The van der Waals surface area contributed by atoms with Gasteiger partial charge in [0.25, 0.3) is 0 Å². The Balaban J connectivity index is 2.50. The summed E-state index contributed by atoms with van der Waals surface area (Å²) < 4.78 is 36.1. The van der Waals surface area contributed by atoms with E-state index in [1.807, 2.05) is 0 Å². The average Bonchev–Trinajstić information content (AvgIpc) is 2.19. The summed E-state index contributed by atoms with van der Waals surface area (Å²) in [5, 5.41) is 3.59. The monoisotopic (exact) mass is 264 g/mol. The summed E-state index contributed by atoms with van der Waals surface area (Å²) in [6.07, 6.45) is 0.359. The molecular weight excluding hydrogens is 256 g/mol. The van der Waals surface area contributed by atoms with Crippen LogP contribution in [0, 0.1) is 0 Å². The fraction of sp³-hybridized carbons (Fsp3) is 0.250. The zero-order chi connectivity index (χ0) is 12.0. The maximum atomic E-state index is 10.3. The van der Waals surface area contributed by atoms with Crippen LogP contribution in [0.4, 0.5) is 5.69 Å². The topological polar surface area (TPSA) is 88.3 Å². The third-order valence-electron chi connectivity index (χ3n) is 1.71. The summed E-state index contributed by atoms with van der Waals surface area (Å²) in [7, 11) is -4.36. The standard InChI is InChI=1S/C8H9ClN2O4S/c9-11-10-8-3-1-7(2-4-8)5-6-15-16(12,13)14/h1-4H,5-6H2,(H,12,13,14). The van der Waals surface area contributed by atoms with E-state index in [0.717, 1.165) is 5.56 Å². The fourth-order valence-corrected chi connectivity index (χ4v) is 1.42. The second-order valence-electron chi connectivity index (χ2n) is 2.84. The maximum Gasteiger partial charge on any atom is 0.397 e. The van der Waals surface area contributed by atoms with Gasteiger partial charge in [-0.1, -0.05) is 16.8 Å². The minimum absolute atomic E-state index is 0.116. The minimum Gasteiger partial charge on any atom is -0.264 e. The third kappa shape index (κ3) is 5.17. The number of hydrogen-bond acceptors (Lipinski definition) is 5. The first-order valence-corrected chi connectivity index (χ1v) is 5.94. The van der Waals surface area contributed by atoms with Crippen LogP contribution in [0.1, 0.15) is 5.56 Å². The van der Waals surface area contributed by atoms with Crippen molar-refractivity contribution in [2.75, 3.05) is 6.61 Å². The molecule has 1 aromatic carbocycles. The van der Waals surface area contributed by atoms with Gasteiger partial charge in [-0.25, -0.2) is 4.18 Å². The zero-order valence-electron chi connectivity index (χ0n) is 8.08. The van der Waals surface area contributed by atoms with Crippen molar-refractivity contribution in [3.63, 3.8) is 0 Å². The van der Waals surface area contributed by atoms with Crippen molar-refractivity contribution in [2.45, 2.75) is 6.42 Å². The summed E-state index contributed by atoms with van der Waals surface area (Å²) >= 11 is 5.05.